The molecule has 1 aromatic rings. The third-order valence-electron chi connectivity index (χ3n) is 2.42. The number of nitrogens with one attached hydrogen (secondary N) is 1. The number of benzene rings is 1. The molecule has 0 saturated heterocycles. The summed E-state index contributed by atoms with van der Waals surface area (Å²) >= 11 is 0. The number of hydrogen-bond acceptors (Lipinski definition) is 3. The Morgan fingerprint density at radius 1 is 1.22 bits per heavy atom. The van der Waals surface area contributed by atoms with E-state index in [-0.39, 0.29) is 23.3 Å². The van der Waals surface area contributed by atoms with Crippen LogP contribution in [-0.4, -0.2) is 21.0 Å². The zero-order valence-electron chi connectivity index (χ0n) is 10.7. The number of rotatable bonds is 6. The highest BCUT2D eigenvalue weighted by Crippen LogP contribution is 2.11. The maximum atomic E-state index is 12.0. The van der Waals surface area contributed by atoms with Crippen LogP contribution in [0.1, 0.15) is 20.3 Å². The number of halogens is 1. The molecular formula is C12H21ClN2O2S. The van der Waals surface area contributed by atoms with Crippen molar-refractivity contribution in [1.29, 1.82) is 0 Å². The van der Waals surface area contributed by atoms with Gasteiger partial charge in [0.15, 0.2) is 0 Å². The smallest absolute Gasteiger partial charge is 0.240 e. The molecule has 0 spiro atoms. The van der Waals surface area contributed by atoms with E-state index in [0.29, 0.717) is 12.5 Å². The molecule has 0 bridgehead atoms. The fraction of sp³-hybridized carbons (Fsp3) is 0.500. The Kier molecular flexibility index (Phi) is 7.47. The van der Waals surface area contributed by atoms with E-state index in [1.54, 1.807) is 30.3 Å². The van der Waals surface area contributed by atoms with Gasteiger partial charge in [0.05, 0.1) is 4.90 Å². The Hall–Kier alpha value is -0.620. The van der Waals surface area contributed by atoms with Gasteiger partial charge in [-0.2, -0.15) is 0 Å². The lowest BCUT2D eigenvalue weighted by molar-refractivity contribution is 0.465. The van der Waals surface area contributed by atoms with Gasteiger partial charge in [-0.3, -0.25) is 0 Å². The van der Waals surface area contributed by atoms with Gasteiger partial charge in [-0.05, 0) is 24.5 Å². The van der Waals surface area contributed by atoms with Crippen LogP contribution in [0.2, 0.25) is 0 Å². The van der Waals surface area contributed by atoms with Crippen molar-refractivity contribution in [3.63, 3.8) is 0 Å². The average Bonchev–Trinajstić information content (AvgIpc) is 2.28. The van der Waals surface area contributed by atoms with Crippen molar-refractivity contribution in [2.75, 3.05) is 6.54 Å². The molecule has 0 aliphatic rings. The molecule has 3 N–H and O–H groups in total. The molecule has 0 heterocycles. The molecule has 0 aromatic heterocycles. The summed E-state index contributed by atoms with van der Waals surface area (Å²) < 4.78 is 26.7. The Bertz CT molecular complexity index is 435. The number of sulfonamides is 1. The topological polar surface area (TPSA) is 72.2 Å². The summed E-state index contributed by atoms with van der Waals surface area (Å²) in [4.78, 5) is 0.280. The highest BCUT2D eigenvalue weighted by molar-refractivity contribution is 7.89. The molecule has 0 amide bonds. The van der Waals surface area contributed by atoms with Crippen molar-refractivity contribution < 1.29 is 8.42 Å². The zero-order chi connectivity index (χ0) is 12.9. The normalized spacial score (nSPS) is 13.1. The van der Waals surface area contributed by atoms with Crippen LogP contribution in [0.4, 0.5) is 0 Å². The maximum absolute atomic E-state index is 12.0. The lowest BCUT2D eigenvalue weighted by atomic mass is 10.1. The first-order chi connectivity index (χ1) is 7.95. The molecule has 0 aliphatic carbocycles. The second-order valence-corrected chi connectivity index (χ2v) is 6.21. The molecule has 0 fully saturated rings. The van der Waals surface area contributed by atoms with Gasteiger partial charge in [0, 0.05) is 12.6 Å². The van der Waals surface area contributed by atoms with E-state index >= 15 is 0 Å². The van der Waals surface area contributed by atoms with Gasteiger partial charge in [0.25, 0.3) is 0 Å². The van der Waals surface area contributed by atoms with Crippen LogP contribution in [0.5, 0.6) is 0 Å². The predicted molar refractivity (Wildman–Crippen MR) is 76.3 cm³/mol. The third kappa shape index (κ3) is 5.35. The first kappa shape index (κ1) is 17.4. The second-order valence-electron chi connectivity index (χ2n) is 4.50. The monoisotopic (exact) mass is 292 g/mol. The molecule has 1 aromatic carbocycles. The largest absolute Gasteiger partial charge is 0.329 e. The van der Waals surface area contributed by atoms with Gasteiger partial charge in [-0.25, -0.2) is 13.1 Å². The van der Waals surface area contributed by atoms with Gasteiger partial charge >= 0.3 is 0 Å². The maximum Gasteiger partial charge on any atom is 0.240 e. The molecule has 0 aliphatic heterocycles. The van der Waals surface area contributed by atoms with Gasteiger partial charge < -0.3 is 5.73 Å². The Morgan fingerprint density at radius 3 is 2.22 bits per heavy atom. The van der Waals surface area contributed by atoms with Crippen LogP contribution < -0.4 is 10.5 Å². The third-order valence-corrected chi connectivity index (χ3v) is 3.95. The van der Waals surface area contributed by atoms with Crippen LogP contribution in [0.3, 0.4) is 0 Å². The Labute approximate surface area is 115 Å². The van der Waals surface area contributed by atoms with Crippen molar-refractivity contribution in [2.45, 2.75) is 31.2 Å². The van der Waals surface area contributed by atoms with E-state index in [1.165, 1.54) is 0 Å². The average molecular weight is 293 g/mol. The summed E-state index contributed by atoms with van der Waals surface area (Å²) in [5, 5.41) is 0. The summed E-state index contributed by atoms with van der Waals surface area (Å²) in [5.41, 5.74) is 5.58. The van der Waals surface area contributed by atoms with Crippen molar-refractivity contribution in [3.05, 3.63) is 30.3 Å². The van der Waals surface area contributed by atoms with Crippen LogP contribution >= 0.6 is 12.4 Å². The van der Waals surface area contributed by atoms with Crippen molar-refractivity contribution in [3.8, 4) is 0 Å². The van der Waals surface area contributed by atoms with E-state index in [1.807, 2.05) is 13.8 Å². The van der Waals surface area contributed by atoms with Gasteiger partial charge in [0.2, 0.25) is 10.0 Å². The van der Waals surface area contributed by atoms with E-state index in [9.17, 15) is 8.42 Å². The SMILES string of the molecule is CC(C)CC(CN)NS(=O)(=O)c1ccccc1.Cl. The molecule has 0 radical (unpaired) electrons. The zero-order valence-corrected chi connectivity index (χ0v) is 12.3. The van der Waals surface area contributed by atoms with Crippen LogP contribution in [0.25, 0.3) is 0 Å². The van der Waals surface area contributed by atoms with Gasteiger partial charge in [-0.15, -0.1) is 12.4 Å². The van der Waals surface area contributed by atoms with Crippen molar-refractivity contribution >= 4 is 22.4 Å². The first-order valence-corrected chi connectivity index (χ1v) is 7.21. The minimum atomic E-state index is -3.45. The van der Waals surface area contributed by atoms with Gasteiger partial charge in [0.1, 0.15) is 0 Å². The minimum absolute atomic E-state index is 0. The molecule has 104 valence electrons. The molecular weight excluding hydrogens is 272 g/mol. The standard InChI is InChI=1S/C12H20N2O2S.ClH/c1-10(2)8-11(9-13)14-17(15,16)12-6-4-3-5-7-12;/h3-7,10-11,14H,8-9,13H2,1-2H3;1H. The molecule has 4 nitrogen and oxygen atoms in total. The van der Waals surface area contributed by atoms with Crippen LogP contribution in [-0.2, 0) is 10.0 Å². The molecule has 1 atom stereocenters. The Balaban J connectivity index is 0.00000289. The quantitative estimate of drug-likeness (QED) is 0.839. The summed E-state index contributed by atoms with van der Waals surface area (Å²) in [5.74, 6) is 0.405. The van der Waals surface area contributed by atoms with Crippen molar-refractivity contribution in [1.82, 2.24) is 4.72 Å². The highest BCUT2D eigenvalue weighted by atomic mass is 35.5. The van der Waals surface area contributed by atoms with E-state index in [0.717, 1.165) is 6.42 Å². The lowest BCUT2D eigenvalue weighted by Gasteiger charge is -2.18. The molecule has 1 unspecified atom stereocenters. The minimum Gasteiger partial charge on any atom is -0.329 e. The van der Waals surface area contributed by atoms with E-state index in [2.05, 4.69) is 4.72 Å². The molecule has 18 heavy (non-hydrogen) atoms. The van der Waals surface area contributed by atoms with Gasteiger partial charge in [-0.1, -0.05) is 32.0 Å². The van der Waals surface area contributed by atoms with Crippen molar-refractivity contribution in [2.24, 2.45) is 11.7 Å². The highest BCUT2D eigenvalue weighted by Gasteiger charge is 2.19. The summed E-state index contributed by atoms with van der Waals surface area (Å²) in [6.07, 6.45) is 0.739. The first-order valence-electron chi connectivity index (χ1n) is 5.73. The van der Waals surface area contributed by atoms with Crippen LogP contribution in [0, 0.1) is 5.92 Å². The van der Waals surface area contributed by atoms with E-state index in [4.69, 9.17) is 5.73 Å². The summed E-state index contributed by atoms with van der Waals surface area (Å²) in [6.45, 7) is 4.39. The summed E-state index contributed by atoms with van der Waals surface area (Å²) in [6, 6.07) is 8.13. The van der Waals surface area contributed by atoms with E-state index < -0.39 is 10.0 Å². The predicted octanol–water partition coefficient (Wildman–Crippen LogP) is 1.76. The van der Waals surface area contributed by atoms with Crippen LogP contribution in [0.15, 0.2) is 35.2 Å². The summed E-state index contributed by atoms with van der Waals surface area (Å²) in [7, 11) is -3.45. The molecule has 1 rings (SSSR count). The number of nitrogens with two attached hydrogens (primary N) is 1. The Morgan fingerprint density at radius 2 is 1.78 bits per heavy atom. The fourth-order valence-electron chi connectivity index (χ4n) is 1.65. The fourth-order valence-corrected chi connectivity index (χ4v) is 2.93. The lowest BCUT2D eigenvalue weighted by Crippen LogP contribution is -2.40. The number of hydrogen-bond donors (Lipinski definition) is 2. The molecule has 0 saturated carbocycles. The molecule has 6 heteroatoms. The second kappa shape index (κ2) is 7.74.